The number of nitrogens with zero attached hydrogens (tertiary/aromatic N) is 1. The van der Waals surface area contributed by atoms with Crippen molar-refractivity contribution in [3.8, 4) is 22.8 Å². The quantitative estimate of drug-likeness (QED) is 0.905. The summed E-state index contributed by atoms with van der Waals surface area (Å²) in [5, 5.41) is 15.8. The molecule has 2 N–H and O–H groups in total. The zero-order chi connectivity index (χ0) is 16.1. The van der Waals surface area contributed by atoms with E-state index < -0.39 is 5.97 Å². The number of carboxylic acid groups (broad SMARTS) is 1. The number of carbonyl (C=O) groups is 1. The van der Waals surface area contributed by atoms with Crippen LogP contribution < -0.4 is 9.47 Å². The number of aromatic amines is 1. The molecule has 0 amide bonds. The number of methoxy groups -OCH3 is 2. The number of carboxylic acids is 1. The van der Waals surface area contributed by atoms with Crippen LogP contribution in [0.25, 0.3) is 11.3 Å². The average molecular weight is 314 g/mol. The molecular formula is C17H18N2O4. The molecule has 6 heteroatoms. The molecule has 2 unspecified atom stereocenters. The van der Waals surface area contributed by atoms with E-state index in [1.807, 2.05) is 6.07 Å². The Balaban J connectivity index is 1.93. The smallest absolute Gasteiger partial charge is 0.353 e. The molecule has 2 aromatic rings. The van der Waals surface area contributed by atoms with Crippen LogP contribution in [0, 0.1) is 0 Å². The average Bonchev–Trinajstić information content (AvgIpc) is 3.28. The van der Waals surface area contributed by atoms with Crippen LogP contribution in [0.1, 0.15) is 52.7 Å². The number of aromatic carboxylic acids is 1. The molecule has 4 rings (SSSR count). The van der Waals surface area contributed by atoms with Gasteiger partial charge in [0.2, 0.25) is 0 Å². The summed E-state index contributed by atoms with van der Waals surface area (Å²) in [6.45, 7) is 0. The number of hydrogen-bond donors (Lipinski definition) is 2. The van der Waals surface area contributed by atoms with Gasteiger partial charge in [-0.3, -0.25) is 5.10 Å². The maximum atomic E-state index is 11.1. The lowest BCUT2D eigenvalue weighted by molar-refractivity contribution is 0.0690. The van der Waals surface area contributed by atoms with Crippen LogP contribution in [-0.2, 0) is 0 Å². The van der Waals surface area contributed by atoms with Gasteiger partial charge in [-0.05, 0) is 43.2 Å². The summed E-state index contributed by atoms with van der Waals surface area (Å²) in [5.41, 5.74) is 3.88. The molecule has 1 heterocycles. The molecule has 2 atom stereocenters. The molecule has 6 nitrogen and oxygen atoms in total. The van der Waals surface area contributed by atoms with Gasteiger partial charge in [-0.1, -0.05) is 0 Å². The third kappa shape index (κ3) is 1.94. The highest BCUT2D eigenvalue weighted by Gasteiger charge is 2.42. The second-order valence-corrected chi connectivity index (χ2v) is 6.17. The van der Waals surface area contributed by atoms with Crippen molar-refractivity contribution in [3.05, 3.63) is 29.0 Å². The zero-order valence-corrected chi connectivity index (χ0v) is 13.0. The number of hydrogen-bond acceptors (Lipinski definition) is 4. The maximum absolute atomic E-state index is 11.1. The van der Waals surface area contributed by atoms with E-state index in [1.54, 1.807) is 14.2 Å². The van der Waals surface area contributed by atoms with Crippen molar-refractivity contribution in [2.45, 2.75) is 31.1 Å². The molecule has 1 fully saturated rings. The van der Waals surface area contributed by atoms with Crippen LogP contribution in [0.2, 0.25) is 0 Å². The van der Waals surface area contributed by atoms with E-state index >= 15 is 0 Å². The molecule has 2 aliphatic rings. The lowest BCUT2D eigenvalue weighted by atomic mass is 9.88. The number of nitrogens with one attached hydrogen (secondary N) is 1. The third-order valence-corrected chi connectivity index (χ3v) is 5.08. The summed E-state index contributed by atoms with van der Waals surface area (Å²) in [7, 11) is 3.33. The Morgan fingerprint density at radius 3 is 2.57 bits per heavy atom. The SMILES string of the molecule is COc1cc(-c2cc(C(=O)O)[nH]n2)c(OC)c2c1C1CCC2C1. The third-order valence-electron chi connectivity index (χ3n) is 5.08. The first-order chi connectivity index (χ1) is 11.1. The summed E-state index contributed by atoms with van der Waals surface area (Å²) in [5.74, 6) is 1.66. The number of fused-ring (bicyclic) bond motifs is 5. The van der Waals surface area contributed by atoms with Gasteiger partial charge in [0.15, 0.2) is 0 Å². The molecule has 0 radical (unpaired) electrons. The first-order valence-corrected chi connectivity index (χ1v) is 7.71. The summed E-state index contributed by atoms with van der Waals surface area (Å²) < 4.78 is 11.3. The minimum atomic E-state index is -1.03. The van der Waals surface area contributed by atoms with Crippen LogP contribution in [0.5, 0.6) is 11.5 Å². The molecule has 23 heavy (non-hydrogen) atoms. The molecule has 120 valence electrons. The summed E-state index contributed by atoms with van der Waals surface area (Å²) >= 11 is 0. The van der Waals surface area contributed by atoms with E-state index in [2.05, 4.69) is 10.2 Å². The van der Waals surface area contributed by atoms with Crippen LogP contribution in [-0.4, -0.2) is 35.5 Å². The number of aromatic nitrogens is 2. The highest BCUT2D eigenvalue weighted by Crippen LogP contribution is 2.60. The van der Waals surface area contributed by atoms with Crippen molar-refractivity contribution in [2.24, 2.45) is 0 Å². The fourth-order valence-electron chi connectivity index (χ4n) is 4.16. The van der Waals surface area contributed by atoms with Gasteiger partial charge in [0, 0.05) is 16.7 Å². The van der Waals surface area contributed by atoms with Gasteiger partial charge < -0.3 is 14.6 Å². The fourth-order valence-corrected chi connectivity index (χ4v) is 4.16. The van der Waals surface area contributed by atoms with Gasteiger partial charge in [-0.15, -0.1) is 0 Å². The number of H-pyrrole nitrogens is 1. The molecule has 0 aliphatic heterocycles. The first-order valence-electron chi connectivity index (χ1n) is 7.71. The van der Waals surface area contributed by atoms with E-state index in [0.29, 0.717) is 17.5 Å². The number of benzene rings is 1. The first kappa shape index (κ1) is 14.1. The lowest BCUT2D eigenvalue weighted by Crippen LogP contribution is -2.05. The van der Waals surface area contributed by atoms with E-state index in [1.165, 1.54) is 30.0 Å². The number of ether oxygens (including phenoxy) is 2. The molecule has 0 saturated heterocycles. The Kier molecular flexibility index (Phi) is 3.07. The van der Waals surface area contributed by atoms with Gasteiger partial charge in [0.1, 0.15) is 17.2 Å². The standard InChI is InChI=1S/C17H18N2O4/c1-22-13-6-10(11-7-12(17(20)21)19-18-11)16(23-2)15-9-4-3-8(5-9)14(13)15/h6-9H,3-5H2,1-2H3,(H,18,19)(H,20,21). The molecular weight excluding hydrogens is 296 g/mol. The largest absolute Gasteiger partial charge is 0.496 e. The Hall–Kier alpha value is -2.50. The van der Waals surface area contributed by atoms with Crippen molar-refractivity contribution in [1.29, 1.82) is 0 Å². The summed E-state index contributed by atoms with van der Waals surface area (Å²) in [6.07, 6.45) is 3.51. The van der Waals surface area contributed by atoms with E-state index in [0.717, 1.165) is 23.5 Å². The maximum Gasteiger partial charge on any atom is 0.353 e. The Labute approximate surface area is 133 Å². The normalized spacial score (nSPS) is 21.3. The van der Waals surface area contributed by atoms with Crippen LogP contribution >= 0.6 is 0 Å². The van der Waals surface area contributed by atoms with Gasteiger partial charge in [-0.2, -0.15) is 5.10 Å². The topological polar surface area (TPSA) is 84.4 Å². The van der Waals surface area contributed by atoms with Gasteiger partial charge in [0.25, 0.3) is 0 Å². The molecule has 1 saturated carbocycles. The highest BCUT2D eigenvalue weighted by molar-refractivity contribution is 5.87. The van der Waals surface area contributed by atoms with Crippen LogP contribution in [0.3, 0.4) is 0 Å². The minimum absolute atomic E-state index is 0.0584. The molecule has 0 spiro atoms. The van der Waals surface area contributed by atoms with Crippen molar-refractivity contribution in [2.75, 3.05) is 14.2 Å². The van der Waals surface area contributed by atoms with Crippen LogP contribution in [0.4, 0.5) is 0 Å². The lowest BCUT2D eigenvalue weighted by Gasteiger charge is -2.23. The second kappa shape index (κ2) is 5.01. The zero-order valence-electron chi connectivity index (χ0n) is 13.0. The predicted molar refractivity (Wildman–Crippen MR) is 83.4 cm³/mol. The number of rotatable bonds is 4. The van der Waals surface area contributed by atoms with Gasteiger partial charge >= 0.3 is 5.97 Å². The monoisotopic (exact) mass is 314 g/mol. The van der Waals surface area contributed by atoms with E-state index in [4.69, 9.17) is 14.6 Å². The van der Waals surface area contributed by atoms with Gasteiger partial charge in [0.05, 0.1) is 19.9 Å². The Morgan fingerprint density at radius 2 is 1.96 bits per heavy atom. The molecule has 2 aliphatic carbocycles. The molecule has 1 aromatic carbocycles. The predicted octanol–water partition coefficient (Wildman–Crippen LogP) is 3.16. The second-order valence-electron chi connectivity index (χ2n) is 6.17. The molecule has 2 bridgehead atoms. The van der Waals surface area contributed by atoms with Crippen molar-refractivity contribution in [3.63, 3.8) is 0 Å². The Morgan fingerprint density at radius 1 is 1.22 bits per heavy atom. The summed E-state index contributed by atoms with van der Waals surface area (Å²) in [6, 6.07) is 3.44. The van der Waals surface area contributed by atoms with Crippen LogP contribution in [0.15, 0.2) is 12.1 Å². The highest BCUT2D eigenvalue weighted by atomic mass is 16.5. The summed E-state index contributed by atoms with van der Waals surface area (Å²) in [4.78, 5) is 11.1. The van der Waals surface area contributed by atoms with E-state index in [9.17, 15) is 4.79 Å². The minimum Gasteiger partial charge on any atom is -0.496 e. The van der Waals surface area contributed by atoms with Crippen molar-refractivity contribution < 1.29 is 19.4 Å². The fraction of sp³-hybridized carbons (Fsp3) is 0.412. The van der Waals surface area contributed by atoms with E-state index in [-0.39, 0.29) is 5.69 Å². The van der Waals surface area contributed by atoms with Crippen molar-refractivity contribution >= 4 is 5.97 Å². The Bertz CT molecular complexity index is 796. The van der Waals surface area contributed by atoms with Gasteiger partial charge in [-0.25, -0.2) is 4.79 Å². The molecule has 1 aromatic heterocycles. The van der Waals surface area contributed by atoms with Crippen molar-refractivity contribution in [1.82, 2.24) is 10.2 Å².